The van der Waals surface area contributed by atoms with Gasteiger partial charge in [-0.25, -0.2) is 0 Å². The van der Waals surface area contributed by atoms with Gasteiger partial charge < -0.3 is 24.1 Å². The lowest BCUT2D eigenvalue weighted by Crippen LogP contribution is -2.36. The zero-order valence-electron chi connectivity index (χ0n) is 30.3. The van der Waals surface area contributed by atoms with Crippen LogP contribution in [0.25, 0.3) is 32.3 Å². The van der Waals surface area contributed by atoms with Crippen molar-refractivity contribution in [3.8, 4) is 23.3 Å². The molecule has 0 spiro atoms. The van der Waals surface area contributed by atoms with Crippen molar-refractivity contribution in [3.63, 3.8) is 0 Å². The average Bonchev–Trinajstić information content (AvgIpc) is 3.23. The second-order valence-corrected chi connectivity index (χ2v) is 13.4. The molecule has 0 saturated heterocycles. The summed E-state index contributed by atoms with van der Waals surface area (Å²) in [6.07, 6.45) is -0.875. The Labute approximate surface area is 315 Å². The quantitative estimate of drug-likeness (QED) is 0.0778. The summed E-state index contributed by atoms with van der Waals surface area (Å²) < 4.78 is 23.7. The summed E-state index contributed by atoms with van der Waals surface area (Å²) in [7, 11) is 3.29. The molecule has 1 N–H and O–H groups in total. The van der Waals surface area contributed by atoms with Crippen molar-refractivity contribution in [3.05, 3.63) is 191 Å². The number of ether oxygens (including phenoxy) is 4. The fraction of sp³-hybridized carbons (Fsp3) is 0.143. The zero-order chi connectivity index (χ0) is 36.9. The van der Waals surface area contributed by atoms with Gasteiger partial charge in [0.05, 0.1) is 34.0 Å². The summed E-state index contributed by atoms with van der Waals surface area (Å²) in [5, 5.41) is 18.6. The number of benzene rings is 8. The second kappa shape index (κ2) is 15.4. The average molecular weight is 709 g/mol. The van der Waals surface area contributed by atoms with Crippen molar-refractivity contribution in [2.24, 2.45) is 0 Å². The number of aliphatic hydroxyl groups excluding tert-OH is 1. The molecule has 8 aromatic rings. The van der Waals surface area contributed by atoms with Crippen LogP contribution in [0.2, 0.25) is 0 Å². The van der Waals surface area contributed by atoms with Gasteiger partial charge in [-0.2, -0.15) is 0 Å². The van der Waals surface area contributed by atoms with Gasteiger partial charge >= 0.3 is 0 Å². The van der Waals surface area contributed by atoms with Gasteiger partial charge in [-0.15, -0.1) is 0 Å². The van der Waals surface area contributed by atoms with Crippen LogP contribution in [0.15, 0.2) is 158 Å². The minimum Gasteiger partial charge on any atom is -0.497 e. The third-order valence-electron chi connectivity index (χ3n) is 10.1. The van der Waals surface area contributed by atoms with Crippen LogP contribution < -0.4 is 9.47 Å². The standard InChI is InChI=1S/C49H40O5/c1-51-44-26-22-41(23-27-44)49(40-9-4-3-5-10-40,42-24-28-45(52-2)29-25-42)54-33-43(50)32-53-31-35-13-11-34(12-14-35)15-16-36-17-18-39-20-19-37-7-6-8-38-21-30-46(36)48(39)47(37)38/h3-14,17-30,43,50H,31-33H2,1-2H3/t43-/m1/s1. The van der Waals surface area contributed by atoms with Crippen molar-refractivity contribution in [2.45, 2.75) is 18.3 Å². The lowest BCUT2D eigenvalue weighted by molar-refractivity contribution is -0.0662. The van der Waals surface area contributed by atoms with Gasteiger partial charge in [-0.05, 0) is 97.0 Å². The van der Waals surface area contributed by atoms with E-state index in [2.05, 4.69) is 66.4 Å². The molecule has 0 radical (unpaired) electrons. The first-order valence-corrected chi connectivity index (χ1v) is 18.1. The van der Waals surface area contributed by atoms with Crippen molar-refractivity contribution >= 4 is 32.3 Å². The normalized spacial score (nSPS) is 12.1. The van der Waals surface area contributed by atoms with Gasteiger partial charge in [0.2, 0.25) is 0 Å². The van der Waals surface area contributed by atoms with Crippen LogP contribution >= 0.6 is 0 Å². The third kappa shape index (κ3) is 6.87. The van der Waals surface area contributed by atoms with Crippen LogP contribution in [0.1, 0.15) is 33.4 Å². The van der Waals surface area contributed by atoms with Crippen molar-refractivity contribution < 1.29 is 24.1 Å². The number of hydrogen-bond donors (Lipinski definition) is 1. The van der Waals surface area contributed by atoms with Gasteiger partial charge in [0.15, 0.2) is 0 Å². The number of rotatable bonds is 12. The highest BCUT2D eigenvalue weighted by Gasteiger charge is 2.38. The van der Waals surface area contributed by atoms with E-state index < -0.39 is 11.7 Å². The molecule has 0 heterocycles. The molecule has 5 nitrogen and oxygen atoms in total. The van der Waals surface area contributed by atoms with E-state index in [1.54, 1.807) is 14.2 Å². The van der Waals surface area contributed by atoms with E-state index in [1.165, 1.54) is 32.3 Å². The maximum absolute atomic E-state index is 11.2. The molecule has 0 aromatic heterocycles. The van der Waals surface area contributed by atoms with Gasteiger partial charge in [0, 0.05) is 11.1 Å². The summed E-state index contributed by atoms with van der Waals surface area (Å²) in [5.41, 5.74) is 4.63. The first-order chi connectivity index (χ1) is 26.6. The molecule has 54 heavy (non-hydrogen) atoms. The molecule has 0 aliphatic heterocycles. The number of aliphatic hydroxyl groups is 1. The molecule has 0 aliphatic carbocycles. The molecular weight excluding hydrogens is 669 g/mol. The first kappa shape index (κ1) is 34.9. The van der Waals surface area contributed by atoms with Crippen LogP contribution in [0.5, 0.6) is 11.5 Å². The van der Waals surface area contributed by atoms with Crippen LogP contribution in [-0.2, 0) is 21.7 Å². The Kier molecular flexibility index (Phi) is 9.98. The van der Waals surface area contributed by atoms with Gasteiger partial charge in [-0.1, -0.05) is 127 Å². The Morgan fingerprint density at radius 1 is 0.537 bits per heavy atom. The summed E-state index contributed by atoms with van der Waals surface area (Å²) in [6.45, 7) is 0.484. The summed E-state index contributed by atoms with van der Waals surface area (Å²) in [5.74, 6) is 8.27. The van der Waals surface area contributed by atoms with Crippen molar-refractivity contribution in [1.82, 2.24) is 0 Å². The van der Waals surface area contributed by atoms with Crippen LogP contribution in [0, 0.1) is 11.8 Å². The molecule has 5 heteroatoms. The summed E-state index contributed by atoms with van der Waals surface area (Å²) in [6, 6.07) is 53.3. The van der Waals surface area contributed by atoms with Crippen LogP contribution in [0.4, 0.5) is 0 Å². The minimum absolute atomic E-state index is 0.0323. The van der Waals surface area contributed by atoms with Crippen molar-refractivity contribution in [2.75, 3.05) is 27.4 Å². The Morgan fingerprint density at radius 3 is 1.74 bits per heavy atom. The Hall–Kier alpha value is -6.16. The van der Waals surface area contributed by atoms with E-state index in [4.69, 9.17) is 18.9 Å². The molecule has 0 saturated carbocycles. The molecule has 8 rings (SSSR count). The zero-order valence-corrected chi connectivity index (χ0v) is 30.3. The lowest BCUT2D eigenvalue weighted by atomic mass is 9.80. The lowest BCUT2D eigenvalue weighted by Gasteiger charge is -2.36. The fourth-order valence-electron chi connectivity index (χ4n) is 7.32. The molecular formula is C49H40O5. The molecule has 0 aliphatic rings. The van der Waals surface area contributed by atoms with Crippen molar-refractivity contribution in [1.29, 1.82) is 0 Å². The largest absolute Gasteiger partial charge is 0.497 e. The van der Waals surface area contributed by atoms with Crippen LogP contribution in [0.3, 0.4) is 0 Å². The maximum Gasteiger partial charge on any atom is 0.143 e. The van der Waals surface area contributed by atoms with E-state index in [-0.39, 0.29) is 13.2 Å². The van der Waals surface area contributed by atoms with Crippen LogP contribution in [-0.4, -0.2) is 38.6 Å². The minimum atomic E-state index is -1.02. The molecule has 8 aromatic carbocycles. The van der Waals surface area contributed by atoms with Gasteiger partial charge in [0.25, 0.3) is 0 Å². The van der Waals surface area contributed by atoms with Gasteiger partial charge in [0.1, 0.15) is 23.2 Å². The maximum atomic E-state index is 11.2. The molecule has 0 fully saturated rings. The molecule has 266 valence electrons. The molecule has 0 bridgehead atoms. The fourth-order valence-corrected chi connectivity index (χ4v) is 7.32. The highest BCUT2D eigenvalue weighted by molar-refractivity contribution is 6.23. The van der Waals surface area contributed by atoms with E-state index in [0.717, 1.165) is 44.9 Å². The Morgan fingerprint density at radius 2 is 1.11 bits per heavy atom. The second-order valence-electron chi connectivity index (χ2n) is 13.4. The number of hydrogen-bond acceptors (Lipinski definition) is 5. The summed E-state index contributed by atoms with van der Waals surface area (Å²) in [4.78, 5) is 0. The molecule has 0 amide bonds. The molecule has 1 atom stereocenters. The van der Waals surface area contributed by atoms with Gasteiger partial charge in [-0.3, -0.25) is 0 Å². The predicted octanol–water partition coefficient (Wildman–Crippen LogP) is 9.89. The summed E-state index contributed by atoms with van der Waals surface area (Å²) >= 11 is 0. The molecule has 0 unspecified atom stereocenters. The topological polar surface area (TPSA) is 57.2 Å². The predicted molar refractivity (Wildman–Crippen MR) is 216 cm³/mol. The number of methoxy groups -OCH3 is 2. The first-order valence-electron chi connectivity index (χ1n) is 18.1. The van der Waals surface area contributed by atoms with E-state index in [0.29, 0.717) is 6.61 Å². The smallest absolute Gasteiger partial charge is 0.143 e. The van der Waals surface area contributed by atoms with E-state index in [9.17, 15) is 5.11 Å². The van der Waals surface area contributed by atoms with E-state index >= 15 is 0 Å². The van der Waals surface area contributed by atoms with E-state index in [1.807, 2.05) is 103 Å². The highest BCUT2D eigenvalue weighted by Crippen LogP contribution is 2.42. The third-order valence-corrected chi connectivity index (χ3v) is 10.1. The SMILES string of the molecule is COc1ccc(C(OC[C@H](O)COCc2ccc(C#Cc3ccc4ccc5cccc6ccc3c4c56)cc2)(c2ccccc2)c2ccc(OC)cc2)cc1. The highest BCUT2D eigenvalue weighted by atomic mass is 16.5. The Bertz CT molecular complexity index is 2490. The Balaban J connectivity index is 0.952. The monoisotopic (exact) mass is 708 g/mol.